The second kappa shape index (κ2) is 6.98. The standard InChI is InChI=1S/C19H15F2N7S/c20-13-2-1-3-14(17(13)21)28-19(25-26-27-28)12-6-11(8-24-18(12)22)15-7-10-4-5-23-9-16(10)29-15/h1-3,6-8,23H,4-5,9H2,(H2,22,24). The highest BCUT2D eigenvalue weighted by molar-refractivity contribution is 7.15. The molecule has 0 amide bonds. The van der Waals surface area contributed by atoms with Crippen molar-refractivity contribution in [3.05, 3.63) is 58.6 Å². The SMILES string of the molecule is Nc1ncc(-c2cc3c(s2)CNCC3)cc1-c1nnnn1-c1cccc(F)c1F. The van der Waals surface area contributed by atoms with E-state index in [1.54, 1.807) is 17.5 Å². The Balaban J connectivity index is 1.61. The third-order valence-corrected chi connectivity index (χ3v) is 6.05. The van der Waals surface area contributed by atoms with Gasteiger partial charge in [0.15, 0.2) is 17.5 Å². The molecule has 7 nitrogen and oxygen atoms in total. The number of thiophene rings is 1. The summed E-state index contributed by atoms with van der Waals surface area (Å²) in [6, 6.07) is 7.81. The Morgan fingerprint density at radius 2 is 2.10 bits per heavy atom. The molecular weight excluding hydrogens is 396 g/mol. The summed E-state index contributed by atoms with van der Waals surface area (Å²) in [7, 11) is 0. The molecular formula is C19H15F2N7S. The van der Waals surface area contributed by atoms with Crippen molar-refractivity contribution in [2.24, 2.45) is 0 Å². The highest BCUT2D eigenvalue weighted by Crippen LogP contribution is 2.36. The van der Waals surface area contributed by atoms with E-state index < -0.39 is 11.6 Å². The summed E-state index contributed by atoms with van der Waals surface area (Å²) in [6.07, 6.45) is 2.68. The van der Waals surface area contributed by atoms with Gasteiger partial charge in [0, 0.05) is 28.1 Å². The van der Waals surface area contributed by atoms with Crippen LogP contribution in [0.15, 0.2) is 36.5 Å². The molecule has 4 heterocycles. The molecule has 10 heteroatoms. The molecule has 3 aromatic heterocycles. The minimum absolute atomic E-state index is 0.104. The third kappa shape index (κ3) is 3.06. The number of pyridine rings is 1. The lowest BCUT2D eigenvalue weighted by Crippen LogP contribution is -2.21. The molecule has 0 atom stereocenters. The van der Waals surface area contributed by atoms with Gasteiger partial charge < -0.3 is 11.1 Å². The van der Waals surface area contributed by atoms with E-state index in [2.05, 4.69) is 31.9 Å². The maximum atomic E-state index is 14.3. The Morgan fingerprint density at radius 3 is 2.97 bits per heavy atom. The van der Waals surface area contributed by atoms with Crippen LogP contribution in [0.25, 0.3) is 27.5 Å². The smallest absolute Gasteiger partial charge is 0.190 e. The fourth-order valence-electron chi connectivity index (χ4n) is 3.36. The van der Waals surface area contributed by atoms with Gasteiger partial charge in [0.25, 0.3) is 0 Å². The molecule has 0 unspecified atom stereocenters. The average Bonchev–Trinajstić information content (AvgIpc) is 3.37. The van der Waals surface area contributed by atoms with Gasteiger partial charge in [-0.2, -0.15) is 4.68 Å². The van der Waals surface area contributed by atoms with Crippen LogP contribution in [0.4, 0.5) is 14.6 Å². The van der Waals surface area contributed by atoms with Crippen LogP contribution in [0.5, 0.6) is 0 Å². The highest BCUT2D eigenvalue weighted by atomic mass is 32.1. The lowest BCUT2D eigenvalue weighted by atomic mass is 10.1. The van der Waals surface area contributed by atoms with Crippen molar-refractivity contribution in [3.63, 3.8) is 0 Å². The van der Waals surface area contributed by atoms with E-state index >= 15 is 0 Å². The second-order valence-corrected chi connectivity index (χ2v) is 7.77. The molecule has 0 fully saturated rings. The molecule has 29 heavy (non-hydrogen) atoms. The van der Waals surface area contributed by atoms with Crippen molar-refractivity contribution in [2.45, 2.75) is 13.0 Å². The van der Waals surface area contributed by atoms with Crippen molar-refractivity contribution < 1.29 is 8.78 Å². The largest absolute Gasteiger partial charge is 0.383 e. The molecule has 1 aromatic carbocycles. The number of rotatable bonds is 3. The maximum absolute atomic E-state index is 14.3. The molecule has 0 aliphatic carbocycles. The minimum Gasteiger partial charge on any atom is -0.383 e. The number of nitrogens with two attached hydrogens (primary N) is 1. The first-order chi connectivity index (χ1) is 14.1. The van der Waals surface area contributed by atoms with Crippen molar-refractivity contribution in [1.29, 1.82) is 0 Å². The number of fused-ring (bicyclic) bond motifs is 1. The summed E-state index contributed by atoms with van der Waals surface area (Å²) in [5, 5.41) is 14.8. The van der Waals surface area contributed by atoms with Crippen molar-refractivity contribution >= 4 is 17.2 Å². The summed E-state index contributed by atoms with van der Waals surface area (Å²) in [6.45, 7) is 1.81. The van der Waals surface area contributed by atoms with Crippen molar-refractivity contribution in [3.8, 4) is 27.5 Å². The first-order valence-corrected chi connectivity index (χ1v) is 9.75. The number of nitrogen functional groups attached to an aromatic ring is 1. The van der Waals surface area contributed by atoms with Crippen LogP contribution in [0.1, 0.15) is 10.4 Å². The number of aromatic nitrogens is 5. The van der Waals surface area contributed by atoms with Gasteiger partial charge in [0.2, 0.25) is 0 Å². The summed E-state index contributed by atoms with van der Waals surface area (Å²) in [5.41, 5.74) is 8.61. The van der Waals surface area contributed by atoms with Gasteiger partial charge in [-0.3, -0.25) is 0 Å². The van der Waals surface area contributed by atoms with Crippen LogP contribution >= 0.6 is 11.3 Å². The molecule has 0 saturated heterocycles. The number of benzene rings is 1. The van der Waals surface area contributed by atoms with Crippen LogP contribution in [-0.2, 0) is 13.0 Å². The van der Waals surface area contributed by atoms with E-state index in [0.29, 0.717) is 5.56 Å². The molecule has 3 N–H and O–H groups in total. The van der Waals surface area contributed by atoms with Crippen molar-refractivity contribution in [1.82, 2.24) is 30.5 Å². The molecule has 0 spiro atoms. The Hall–Kier alpha value is -3.24. The number of hydrogen-bond acceptors (Lipinski definition) is 7. The zero-order valence-corrected chi connectivity index (χ0v) is 15.9. The number of tetrazole rings is 1. The summed E-state index contributed by atoms with van der Waals surface area (Å²) in [5.74, 6) is -1.64. The van der Waals surface area contributed by atoms with Gasteiger partial charge >= 0.3 is 0 Å². The number of nitrogens with zero attached hydrogens (tertiary/aromatic N) is 5. The molecule has 146 valence electrons. The van der Waals surface area contributed by atoms with E-state index in [1.807, 2.05) is 6.07 Å². The monoisotopic (exact) mass is 411 g/mol. The Kier molecular flexibility index (Phi) is 4.29. The third-order valence-electron chi connectivity index (χ3n) is 4.83. The maximum Gasteiger partial charge on any atom is 0.190 e. The Labute approximate surface area is 168 Å². The number of nitrogens with one attached hydrogen (secondary N) is 1. The van der Waals surface area contributed by atoms with E-state index in [-0.39, 0.29) is 17.3 Å². The number of halogens is 2. The quantitative estimate of drug-likeness (QED) is 0.538. The molecule has 0 saturated carbocycles. The number of hydrogen-bond donors (Lipinski definition) is 2. The molecule has 0 bridgehead atoms. The molecule has 1 aliphatic heterocycles. The fourth-order valence-corrected chi connectivity index (χ4v) is 4.52. The van der Waals surface area contributed by atoms with Gasteiger partial charge in [-0.15, -0.1) is 16.4 Å². The van der Waals surface area contributed by atoms with Crippen LogP contribution < -0.4 is 11.1 Å². The van der Waals surface area contributed by atoms with Gasteiger partial charge in [-0.25, -0.2) is 13.8 Å². The Morgan fingerprint density at radius 1 is 1.21 bits per heavy atom. The van der Waals surface area contributed by atoms with E-state index in [9.17, 15) is 8.78 Å². The normalized spacial score (nSPS) is 13.4. The van der Waals surface area contributed by atoms with Crippen molar-refractivity contribution in [2.75, 3.05) is 12.3 Å². The zero-order valence-electron chi connectivity index (χ0n) is 15.1. The van der Waals surface area contributed by atoms with E-state index in [4.69, 9.17) is 5.73 Å². The summed E-state index contributed by atoms with van der Waals surface area (Å²) < 4.78 is 29.1. The molecule has 5 rings (SSSR count). The van der Waals surface area contributed by atoms with Gasteiger partial charge in [-0.05, 0) is 53.2 Å². The van der Waals surface area contributed by atoms with Gasteiger partial charge in [0.05, 0.1) is 5.56 Å². The zero-order chi connectivity index (χ0) is 20.0. The Bertz CT molecular complexity index is 1190. The molecule has 1 aliphatic rings. The lowest BCUT2D eigenvalue weighted by molar-refractivity contribution is 0.501. The van der Waals surface area contributed by atoms with E-state index in [1.165, 1.54) is 22.6 Å². The van der Waals surface area contributed by atoms with Crippen LogP contribution in [0, 0.1) is 11.6 Å². The number of anilines is 1. The first kappa shape index (κ1) is 17.8. The van der Waals surface area contributed by atoms with Gasteiger partial charge in [-0.1, -0.05) is 6.07 Å². The first-order valence-electron chi connectivity index (χ1n) is 8.93. The fraction of sp³-hybridized carbons (Fsp3) is 0.158. The summed E-state index contributed by atoms with van der Waals surface area (Å²) in [4.78, 5) is 6.65. The minimum atomic E-state index is -1.04. The molecule has 0 radical (unpaired) electrons. The van der Waals surface area contributed by atoms with Crippen LogP contribution in [0.3, 0.4) is 0 Å². The lowest BCUT2D eigenvalue weighted by Gasteiger charge is -2.10. The predicted octanol–water partition coefficient (Wildman–Crippen LogP) is 2.96. The molecule has 4 aromatic rings. The predicted molar refractivity (Wildman–Crippen MR) is 105 cm³/mol. The summed E-state index contributed by atoms with van der Waals surface area (Å²) >= 11 is 1.69. The topological polar surface area (TPSA) is 94.5 Å². The second-order valence-electron chi connectivity index (χ2n) is 6.63. The van der Waals surface area contributed by atoms with Crippen LogP contribution in [0.2, 0.25) is 0 Å². The van der Waals surface area contributed by atoms with E-state index in [0.717, 1.165) is 40.7 Å². The average molecular weight is 411 g/mol. The van der Waals surface area contributed by atoms with Gasteiger partial charge in [0.1, 0.15) is 11.5 Å². The van der Waals surface area contributed by atoms with Crippen LogP contribution in [-0.4, -0.2) is 31.7 Å². The highest BCUT2D eigenvalue weighted by Gasteiger charge is 2.20.